The lowest BCUT2D eigenvalue weighted by atomic mass is 9.83. The van der Waals surface area contributed by atoms with Gasteiger partial charge in [-0.05, 0) is 70.3 Å². The summed E-state index contributed by atoms with van der Waals surface area (Å²) >= 11 is 0. The zero-order valence-corrected chi connectivity index (χ0v) is 21.0. The first-order valence-electron chi connectivity index (χ1n) is 12.3. The molecule has 40 heavy (non-hydrogen) atoms. The fourth-order valence-corrected chi connectivity index (χ4v) is 5.22. The van der Waals surface area contributed by atoms with E-state index in [1.54, 1.807) is 24.3 Å². The third kappa shape index (κ3) is 4.26. The molecule has 0 saturated carbocycles. The maximum Gasteiger partial charge on any atom is 0.251 e. The number of rotatable bonds is 6. The third-order valence-corrected chi connectivity index (χ3v) is 7.13. The third-order valence-electron chi connectivity index (χ3n) is 7.13. The number of hydrogen-bond donors (Lipinski definition) is 2. The van der Waals surface area contributed by atoms with E-state index in [0.29, 0.717) is 5.56 Å². The van der Waals surface area contributed by atoms with Gasteiger partial charge in [0.05, 0.1) is 0 Å². The molecule has 0 saturated heterocycles. The molecular formula is C30H21F4N3O3. The van der Waals surface area contributed by atoms with E-state index >= 15 is 0 Å². The standard InChI is InChI=1S/C30H21F4N3O3/c1-39-37-29(35)16-10-24(32)23(25(33)11-16)13-36-30(38)15-3-6-20-22(9-15)28-21-8-14(2-5-19(21)27(20)40-28)18-7-4-17(31)12-26(18)34/h2-12,27-28H,13H2,1H3,(H2,35,37)(H,36,38)/t27-,28+/m0/s1. The van der Waals surface area contributed by atoms with Crippen LogP contribution in [0.1, 0.15) is 55.9 Å². The highest BCUT2D eigenvalue weighted by Gasteiger charge is 2.43. The van der Waals surface area contributed by atoms with E-state index in [-0.39, 0.29) is 34.2 Å². The molecule has 0 fully saturated rings. The SMILES string of the molecule is CO/N=C(/N)c1cc(F)c(CNC(=O)c2ccc3c(c2)[C@@H]2O[C@H]3c3ccc(-c4ccc(F)cc4F)cc32)c(F)c1. The van der Waals surface area contributed by atoms with Crippen molar-refractivity contribution in [3.63, 3.8) is 0 Å². The maximum absolute atomic E-state index is 14.6. The second kappa shape index (κ2) is 9.80. The summed E-state index contributed by atoms with van der Waals surface area (Å²) in [5.41, 5.74) is 9.86. The van der Waals surface area contributed by atoms with Gasteiger partial charge < -0.3 is 20.6 Å². The van der Waals surface area contributed by atoms with Crippen LogP contribution in [-0.4, -0.2) is 18.9 Å². The number of carbonyl (C=O) groups is 1. The van der Waals surface area contributed by atoms with Gasteiger partial charge in [0, 0.05) is 34.9 Å². The zero-order valence-electron chi connectivity index (χ0n) is 21.0. The highest BCUT2D eigenvalue weighted by Crippen LogP contribution is 2.54. The second-order valence-electron chi connectivity index (χ2n) is 9.47. The van der Waals surface area contributed by atoms with Crippen molar-refractivity contribution in [2.75, 3.05) is 7.11 Å². The Kier molecular flexibility index (Phi) is 6.26. The highest BCUT2D eigenvalue weighted by molar-refractivity contribution is 5.97. The Morgan fingerprint density at radius 1 is 0.850 bits per heavy atom. The molecular weight excluding hydrogens is 526 g/mol. The van der Waals surface area contributed by atoms with Gasteiger partial charge in [0.2, 0.25) is 0 Å². The van der Waals surface area contributed by atoms with Gasteiger partial charge in [-0.25, -0.2) is 17.6 Å². The molecule has 2 atom stereocenters. The monoisotopic (exact) mass is 547 g/mol. The molecule has 0 spiro atoms. The van der Waals surface area contributed by atoms with Gasteiger partial charge in [-0.15, -0.1) is 0 Å². The number of halogens is 4. The number of amidine groups is 1. The fourth-order valence-electron chi connectivity index (χ4n) is 5.22. The number of carbonyl (C=O) groups excluding carboxylic acids is 1. The van der Waals surface area contributed by atoms with Crippen molar-refractivity contribution in [2.24, 2.45) is 10.9 Å². The van der Waals surface area contributed by atoms with Gasteiger partial charge in [0.15, 0.2) is 5.84 Å². The van der Waals surface area contributed by atoms with E-state index in [1.807, 2.05) is 12.1 Å². The number of fused-ring (bicyclic) bond motifs is 8. The van der Waals surface area contributed by atoms with Crippen LogP contribution in [0.2, 0.25) is 0 Å². The van der Waals surface area contributed by atoms with Crippen LogP contribution in [0.3, 0.4) is 0 Å². The first-order valence-corrected chi connectivity index (χ1v) is 12.3. The molecule has 0 unspecified atom stereocenters. The number of hydrogen-bond acceptors (Lipinski definition) is 4. The molecule has 2 heterocycles. The predicted molar refractivity (Wildman–Crippen MR) is 138 cm³/mol. The van der Waals surface area contributed by atoms with Gasteiger partial charge in [-0.1, -0.05) is 23.4 Å². The molecule has 4 aromatic rings. The first kappa shape index (κ1) is 25.6. The summed E-state index contributed by atoms with van der Waals surface area (Å²) in [4.78, 5) is 17.5. The average Bonchev–Trinajstić information content (AvgIpc) is 3.49. The molecule has 202 valence electrons. The molecule has 3 N–H and O–H groups in total. The Labute approximate surface area is 226 Å². The van der Waals surface area contributed by atoms with E-state index in [1.165, 1.54) is 19.2 Å². The molecule has 4 aromatic carbocycles. The molecule has 0 aromatic heterocycles. The highest BCUT2D eigenvalue weighted by atomic mass is 19.1. The van der Waals surface area contributed by atoms with Crippen molar-refractivity contribution in [2.45, 2.75) is 18.8 Å². The molecule has 0 aliphatic carbocycles. The van der Waals surface area contributed by atoms with Crippen LogP contribution in [0.4, 0.5) is 17.6 Å². The summed E-state index contributed by atoms with van der Waals surface area (Å²) < 4.78 is 63.2. The Morgan fingerprint density at radius 3 is 2.23 bits per heavy atom. The Balaban J connectivity index is 1.23. The number of nitrogens with two attached hydrogens (primary N) is 1. The van der Waals surface area contributed by atoms with Crippen LogP contribution in [0, 0.1) is 23.3 Å². The van der Waals surface area contributed by atoms with Crippen molar-refractivity contribution in [1.29, 1.82) is 0 Å². The van der Waals surface area contributed by atoms with E-state index in [9.17, 15) is 22.4 Å². The maximum atomic E-state index is 14.6. The van der Waals surface area contributed by atoms with Gasteiger partial charge in [-0.2, -0.15) is 0 Å². The molecule has 2 aliphatic heterocycles. The van der Waals surface area contributed by atoms with E-state index in [0.717, 1.165) is 40.5 Å². The number of nitrogens with zero attached hydrogens (tertiary/aromatic N) is 1. The van der Waals surface area contributed by atoms with Crippen LogP contribution in [0.25, 0.3) is 11.1 Å². The lowest BCUT2D eigenvalue weighted by Crippen LogP contribution is -2.25. The number of nitrogens with one attached hydrogen (secondary N) is 1. The summed E-state index contributed by atoms with van der Waals surface area (Å²) in [6.45, 7) is -0.396. The van der Waals surface area contributed by atoms with Crippen LogP contribution < -0.4 is 11.1 Å². The number of ether oxygens (including phenoxy) is 1. The molecule has 6 rings (SSSR count). The van der Waals surface area contributed by atoms with Crippen LogP contribution in [-0.2, 0) is 16.1 Å². The van der Waals surface area contributed by atoms with Gasteiger partial charge in [0.25, 0.3) is 5.91 Å². The quantitative estimate of drug-likeness (QED) is 0.142. The van der Waals surface area contributed by atoms with Crippen LogP contribution in [0.5, 0.6) is 0 Å². The lowest BCUT2D eigenvalue weighted by molar-refractivity contribution is 0.0857. The minimum atomic E-state index is -0.894. The Morgan fingerprint density at radius 2 is 1.52 bits per heavy atom. The fraction of sp³-hybridized carbons (Fsp3) is 0.133. The van der Waals surface area contributed by atoms with Crippen molar-refractivity contribution in [3.05, 3.63) is 129 Å². The molecule has 1 amide bonds. The summed E-state index contributed by atoms with van der Waals surface area (Å²) in [7, 11) is 1.25. The number of amides is 1. The average molecular weight is 548 g/mol. The largest absolute Gasteiger partial charge is 0.397 e. The normalized spacial score (nSPS) is 17.0. The van der Waals surface area contributed by atoms with Crippen molar-refractivity contribution in [1.82, 2.24) is 5.32 Å². The number of oxime groups is 1. The molecule has 6 nitrogen and oxygen atoms in total. The van der Waals surface area contributed by atoms with Crippen molar-refractivity contribution >= 4 is 11.7 Å². The predicted octanol–water partition coefficient (Wildman–Crippen LogP) is 5.63. The van der Waals surface area contributed by atoms with Crippen LogP contribution in [0.15, 0.2) is 71.9 Å². The first-order chi connectivity index (χ1) is 19.2. The zero-order chi connectivity index (χ0) is 28.1. The minimum Gasteiger partial charge on any atom is -0.397 e. The van der Waals surface area contributed by atoms with Crippen molar-refractivity contribution in [3.8, 4) is 11.1 Å². The lowest BCUT2D eigenvalue weighted by Gasteiger charge is -2.18. The van der Waals surface area contributed by atoms with Gasteiger partial charge in [-0.3, -0.25) is 4.79 Å². The Hall–Kier alpha value is -4.70. The van der Waals surface area contributed by atoms with Crippen LogP contribution >= 0.6 is 0 Å². The Bertz CT molecular complexity index is 1700. The summed E-state index contributed by atoms with van der Waals surface area (Å²) in [6.07, 6.45) is -0.817. The summed E-state index contributed by atoms with van der Waals surface area (Å²) in [5.74, 6) is -3.84. The van der Waals surface area contributed by atoms with Crippen molar-refractivity contribution < 1.29 is 31.9 Å². The van der Waals surface area contributed by atoms with Gasteiger partial charge >= 0.3 is 0 Å². The molecule has 2 bridgehead atoms. The van der Waals surface area contributed by atoms with E-state index in [4.69, 9.17) is 10.5 Å². The van der Waals surface area contributed by atoms with Gasteiger partial charge in [0.1, 0.15) is 42.6 Å². The molecule has 10 heteroatoms. The molecule has 2 aliphatic rings. The molecule has 0 radical (unpaired) electrons. The van der Waals surface area contributed by atoms with E-state index < -0.39 is 41.8 Å². The minimum absolute atomic E-state index is 0.00575. The smallest absolute Gasteiger partial charge is 0.251 e. The summed E-state index contributed by atoms with van der Waals surface area (Å²) in [5, 5.41) is 6.01. The number of benzene rings is 4. The topological polar surface area (TPSA) is 85.9 Å². The van der Waals surface area contributed by atoms with E-state index in [2.05, 4.69) is 15.3 Å². The summed E-state index contributed by atoms with van der Waals surface area (Å²) in [6, 6.07) is 16.0. The second-order valence-corrected chi connectivity index (χ2v) is 9.47.